The Morgan fingerprint density at radius 2 is 2.00 bits per heavy atom. The first kappa shape index (κ1) is 21.3. The second-order valence-corrected chi connectivity index (χ2v) is 9.66. The summed E-state index contributed by atoms with van der Waals surface area (Å²) in [6, 6.07) is 14.3. The summed E-state index contributed by atoms with van der Waals surface area (Å²) in [6.45, 7) is 0.915. The van der Waals surface area contributed by atoms with Crippen molar-refractivity contribution in [1.82, 2.24) is 9.62 Å². The minimum Gasteiger partial charge on any atom is -0.482 e. The van der Waals surface area contributed by atoms with Crippen LogP contribution in [0.25, 0.3) is 0 Å². The van der Waals surface area contributed by atoms with Crippen molar-refractivity contribution in [3.63, 3.8) is 0 Å². The Hall–Kier alpha value is -2.91. The molecule has 8 nitrogen and oxygen atoms in total. The van der Waals surface area contributed by atoms with Gasteiger partial charge in [0.05, 0.1) is 16.5 Å². The lowest BCUT2D eigenvalue weighted by molar-refractivity contribution is -0.126. The van der Waals surface area contributed by atoms with E-state index in [4.69, 9.17) is 4.74 Å². The van der Waals surface area contributed by atoms with Gasteiger partial charge >= 0.3 is 0 Å². The van der Waals surface area contributed by atoms with Gasteiger partial charge in [-0.15, -0.1) is 0 Å². The number of sulfonamides is 1. The number of anilines is 1. The predicted molar refractivity (Wildman–Crippen MR) is 115 cm³/mol. The number of nitrogens with one attached hydrogen (secondary N) is 2. The summed E-state index contributed by atoms with van der Waals surface area (Å²) in [5.74, 6) is -0.401. The van der Waals surface area contributed by atoms with E-state index in [0.29, 0.717) is 37.4 Å². The minimum atomic E-state index is -3.80. The molecule has 2 aliphatic rings. The Bertz CT molecular complexity index is 1070. The zero-order chi connectivity index (χ0) is 21.8. The van der Waals surface area contributed by atoms with E-state index in [-0.39, 0.29) is 35.8 Å². The average Bonchev–Trinajstić information content (AvgIpc) is 2.79. The third-order valence-electron chi connectivity index (χ3n) is 5.53. The first-order chi connectivity index (χ1) is 14.9. The van der Waals surface area contributed by atoms with Gasteiger partial charge in [0.2, 0.25) is 15.9 Å². The van der Waals surface area contributed by atoms with E-state index in [9.17, 15) is 18.0 Å². The molecular formula is C22H25N3O5S. The first-order valence-corrected chi connectivity index (χ1v) is 11.8. The van der Waals surface area contributed by atoms with Crippen LogP contribution in [0.5, 0.6) is 5.75 Å². The van der Waals surface area contributed by atoms with Gasteiger partial charge in [0.15, 0.2) is 6.61 Å². The van der Waals surface area contributed by atoms with Gasteiger partial charge < -0.3 is 15.4 Å². The van der Waals surface area contributed by atoms with Gasteiger partial charge in [0.25, 0.3) is 5.91 Å². The number of piperidine rings is 1. The molecule has 0 radical (unpaired) electrons. The molecule has 2 N–H and O–H groups in total. The number of fused-ring (bicyclic) bond motifs is 1. The molecule has 0 aromatic heterocycles. The largest absolute Gasteiger partial charge is 0.482 e. The number of ether oxygens (including phenoxy) is 1. The number of carbonyl (C=O) groups is 2. The number of nitrogens with zero attached hydrogens (tertiary/aromatic N) is 1. The molecule has 2 amide bonds. The SMILES string of the molecule is O=C1COc2ccc(S(=O)(=O)N3CCCC(C(=O)NCCc4ccccc4)C3)cc2N1. The van der Waals surface area contributed by atoms with Crippen LogP contribution in [-0.2, 0) is 26.0 Å². The fourth-order valence-electron chi connectivity index (χ4n) is 3.87. The van der Waals surface area contributed by atoms with Crippen molar-refractivity contribution >= 4 is 27.5 Å². The number of rotatable bonds is 6. The second kappa shape index (κ2) is 9.07. The molecule has 2 heterocycles. The maximum absolute atomic E-state index is 13.2. The summed E-state index contributed by atoms with van der Waals surface area (Å²) >= 11 is 0. The van der Waals surface area contributed by atoms with Gasteiger partial charge in [-0.2, -0.15) is 4.31 Å². The van der Waals surface area contributed by atoms with Gasteiger partial charge in [-0.3, -0.25) is 9.59 Å². The van der Waals surface area contributed by atoms with E-state index in [1.165, 1.54) is 16.4 Å². The molecule has 1 fully saturated rings. The lowest BCUT2D eigenvalue weighted by Crippen LogP contribution is -2.45. The van der Waals surface area contributed by atoms with Gasteiger partial charge in [-0.25, -0.2) is 8.42 Å². The molecule has 1 unspecified atom stereocenters. The molecule has 2 aliphatic heterocycles. The van der Waals surface area contributed by atoms with E-state index in [2.05, 4.69) is 10.6 Å². The van der Waals surface area contributed by atoms with Crippen LogP contribution >= 0.6 is 0 Å². The summed E-state index contributed by atoms with van der Waals surface area (Å²) in [5.41, 5.74) is 1.48. The van der Waals surface area contributed by atoms with Crippen molar-refractivity contribution in [3.8, 4) is 5.75 Å². The molecule has 0 aliphatic carbocycles. The average molecular weight is 444 g/mol. The normalized spacial score (nSPS) is 19.1. The zero-order valence-electron chi connectivity index (χ0n) is 17.0. The second-order valence-electron chi connectivity index (χ2n) is 7.72. The van der Waals surface area contributed by atoms with Gasteiger partial charge in [0, 0.05) is 19.6 Å². The highest BCUT2D eigenvalue weighted by Gasteiger charge is 2.34. The van der Waals surface area contributed by atoms with E-state index >= 15 is 0 Å². The van der Waals surface area contributed by atoms with Gasteiger partial charge in [-0.1, -0.05) is 30.3 Å². The number of hydrogen-bond acceptors (Lipinski definition) is 5. The Kier molecular flexibility index (Phi) is 6.24. The fourth-order valence-corrected chi connectivity index (χ4v) is 5.42. The molecule has 2 aromatic carbocycles. The molecule has 0 spiro atoms. The van der Waals surface area contributed by atoms with Gasteiger partial charge in [-0.05, 0) is 43.0 Å². The van der Waals surface area contributed by atoms with Crippen molar-refractivity contribution in [3.05, 3.63) is 54.1 Å². The van der Waals surface area contributed by atoms with Crippen molar-refractivity contribution in [1.29, 1.82) is 0 Å². The lowest BCUT2D eigenvalue weighted by Gasteiger charge is -2.31. The fraction of sp³-hybridized carbons (Fsp3) is 0.364. The van der Waals surface area contributed by atoms with Crippen LogP contribution in [0.4, 0.5) is 5.69 Å². The maximum Gasteiger partial charge on any atom is 0.262 e. The quantitative estimate of drug-likeness (QED) is 0.708. The molecule has 4 rings (SSSR count). The van der Waals surface area contributed by atoms with Crippen molar-refractivity contribution in [2.75, 3.05) is 31.6 Å². The van der Waals surface area contributed by atoms with Crippen LogP contribution in [0.3, 0.4) is 0 Å². The number of hydrogen-bond donors (Lipinski definition) is 2. The summed E-state index contributed by atoms with van der Waals surface area (Å²) in [7, 11) is -3.80. The molecule has 1 saturated heterocycles. The highest BCUT2D eigenvalue weighted by Crippen LogP contribution is 2.32. The van der Waals surface area contributed by atoms with E-state index in [1.807, 2.05) is 30.3 Å². The smallest absolute Gasteiger partial charge is 0.262 e. The standard InChI is InChI=1S/C22H25N3O5S/c26-21-15-30-20-9-8-18(13-19(20)24-21)31(28,29)25-12-4-7-17(14-25)22(27)23-11-10-16-5-2-1-3-6-16/h1-3,5-6,8-9,13,17H,4,7,10-12,14-15H2,(H,23,27)(H,24,26). The number of amides is 2. The highest BCUT2D eigenvalue weighted by molar-refractivity contribution is 7.89. The van der Waals surface area contributed by atoms with Crippen LogP contribution in [0.2, 0.25) is 0 Å². The van der Waals surface area contributed by atoms with Crippen LogP contribution in [0, 0.1) is 5.92 Å². The predicted octanol–water partition coefficient (Wildman–Crippen LogP) is 1.78. The molecule has 0 saturated carbocycles. The minimum absolute atomic E-state index is 0.0715. The lowest BCUT2D eigenvalue weighted by atomic mass is 9.99. The van der Waals surface area contributed by atoms with E-state index in [0.717, 1.165) is 12.0 Å². The third-order valence-corrected chi connectivity index (χ3v) is 7.39. The zero-order valence-corrected chi connectivity index (χ0v) is 17.9. The van der Waals surface area contributed by atoms with Gasteiger partial charge in [0.1, 0.15) is 5.75 Å². The maximum atomic E-state index is 13.2. The van der Waals surface area contributed by atoms with Crippen LogP contribution in [-0.4, -0.2) is 50.8 Å². The van der Waals surface area contributed by atoms with Crippen LogP contribution < -0.4 is 15.4 Å². The molecule has 164 valence electrons. The van der Waals surface area contributed by atoms with Crippen LogP contribution in [0.1, 0.15) is 18.4 Å². The number of carbonyl (C=O) groups excluding carboxylic acids is 2. The monoisotopic (exact) mass is 443 g/mol. The Balaban J connectivity index is 1.40. The highest BCUT2D eigenvalue weighted by atomic mass is 32.2. The van der Waals surface area contributed by atoms with E-state index in [1.54, 1.807) is 6.07 Å². The number of benzene rings is 2. The Morgan fingerprint density at radius 3 is 2.81 bits per heavy atom. The summed E-state index contributed by atoms with van der Waals surface area (Å²) in [5, 5.41) is 5.56. The molecule has 2 aromatic rings. The van der Waals surface area contributed by atoms with Crippen molar-refractivity contribution < 1.29 is 22.7 Å². The first-order valence-electron chi connectivity index (χ1n) is 10.3. The molecule has 0 bridgehead atoms. The molecule has 1 atom stereocenters. The summed E-state index contributed by atoms with van der Waals surface area (Å²) < 4.78 is 33.0. The Labute approximate surface area is 181 Å². The van der Waals surface area contributed by atoms with E-state index < -0.39 is 10.0 Å². The topological polar surface area (TPSA) is 105 Å². The summed E-state index contributed by atoms with van der Waals surface area (Å²) in [6.07, 6.45) is 1.99. The molecule has 9 heteroatoms. The molecule has 31 heavy (non-hydrogen) atoms. The van der Waals surface area contributed by atoms with Crippen LogP contribution in [0.15, 0.2) is 53.4 Å². The van der Waals surface area contributed by atoms with Crippen molar-refractivity contribution in [2.45, 2.75) is 24.2 Å². The third kappa shape index (κ3) is 4.88. The molecular weight excluding hydrogens is 418 g/mol. The van der Waals surface area contributed by atoms with Crippen molar-refractivity contribution in [2.24, 2.45) is 5.92 Å². The Morgan fingerprint density at radius 1 is 1.19 bits per heavy atom. The summed E-state index contributed by atoms with van der Waals surface area (Å²) in [4.78, 5) is 24.2.